The monoisotopic (exact) mass is 343 g/mol. The fourth-order valence-electron chi connectivity index (χ4n) is 3.44. The average molecular weight is 344 g/mol. The lowest BCUT2D eigenvalue weighted by Crippen LogP contribution is -2.33. The predicted molar refractivity (Wildman–Crippen MR) is 92.1 cm³/mol. The second-order valence-electron chi connectivity index (χ2n) is 6.03. The van der Waals surface area contributed by atoms with Gasteiger partial charge in [0.05, 0.1) is 0 Å². The first-order valence-electron chi connectivity index (χ1n) is 7.83. The molecule has 2 aromatic carbocycles. The Morgan fingerprint density at radius 1 is 1.12 bits per heavy atom. The van der Waals surface area contributed by atoms with Crippen LogP contribution in [0, 0.1) is 5.92 Å². The summed E-state index contributed by atoms with van der Waals surface area (Å²) in [6.07, 6.45) is 0.934. The van der Waals surface area contributed by atoms with Crippen molar-refractivity contribution in [3.8, 4) is 0 Å². The van der Waals surface area contributed by atoms with Crippen molar-refractivity contribution < 1.29 is 14.7 Å². The lowest BCUT2D eigenvalue weighted by atomic mass is 9.90. The molecule has 1 saturated heterocycles. The smallest absolute Gasteiger partial charge is 0.325 e. The molecule has 0 spiro atoms. The summed E-state index contributed by atoms with van der Waals surface area (Å²) in [6, 6.07) is 15.9. The number of carbonyl (C=O) groups is 2. The fourth-order valence-corrected chi connectivity index (χ4v) is 3.68. The summed E-state index contributed by atoms with van der Waals surface area (Å²) in [7, 11) is 0. The molecular formula is C19H18ClNO3. The molecule has 124 valence electrons. The first-order valence-corrected chi connectivity index (χ1v) is 8.21. The third-order valence-electron chi connectivity index (χ3n) is 4.59. The number of carbonyl (C=O) groups excluding carboxylic acids is 1. The second kappa shape index (κ2) is 7.16. The number of carboxylic acids is 1. The molecule has 0 amide bonds. The van der Waals surface area contributed by atoms with Crippen molar-refractivity contribution in [1.29, 1.82) is 0 Å². The van der Waals surface area contributed by atoms with E-state index in [9.17, 15) is 14.7 Å². The molecule has 2 aromatic rings. The van der Waals surface area contributed by atoms with E-state index in [1.165, 1.54) is 0 Å². The standard InChI is InChI=1S/C19H18ClNO3/c20-17-9-5-4-8-15(17)18(19(23)24)21-10-14(12-22)16(11-21)13-6-2-1-3-7-13/h1-9,12,14,16,18H,10-11H2,(H,23,24)/t14-,16-,18-/m1/s1. The largest absolute Gasteiger partial charge is 0.480 e. The molecule has 3 rings (SSSR count). The summed E-state index contributed by atoms with van der Waals surface area (Å²) in [6.45, 7) is 0.918. The van der Waals surface area contributed by atoms with Crippen molar-refractivity contribution in [1.82, 2.24) is 4.90 Å². The maximum absolute atomic E-state index is 11.9. The number of aldehydes is 1. The van der Waals surface area contributed by atoms with E-state index in [0.29, 0.717) is 23.7 Å². The van der Waals surface area contributed by atoms with Crippen LogP contribution in [-0.4, -0.2) is 35.4 Å². The van der Waals surface area contributed by atoms with Gasteiger partial charge in [-0.25, -0.2) is 0 Å². The minimum Gasteiger partial charge on any atom is -0.480 e. The Bertz CT molecular complexity index is 734. The van der Waals surface area contributed by atoms with E-state index in [-0.39, 0.29) is 11.8 Å². The molecule has 0 bridgehead atoms. The first-order chi connectivity index (χ1) is 11.6. The maximum atomic E-state index is 11.9. The van der Waals surface area contributed by atoms with Gasteiger partial charge in [0.15, 0.2) is 0 Å². The number of aliphatic carboxylic acids is 1. The molecule has 1 fully saturated rings. The highest BCUT2D eigenvalue weighted by atomic mass is 35.5. The molecule has 1 heterocycles. The van der Waals surface area contributed by atoms with Crippen LogP contribution in [0.5, 0.6) is 0 Å². The van der Waals surface area contributed by atoms with Gasteiger partial charge in [0.1, 0.15) is 12.3 Å². The van der Waals surface area contributed by atoms with Crippen LogP contribution < -0.4 is 0 Å². The van der Waals surface area contributed by atoms with E-state index < -0.39 is 12.0 Å². The molecular weight excluding hydrogens is 326 g/mol. The van der Waals surface area contributed by atoms with Crippen LogP contribution in [0.15, 0.2) is 54.6 Å². The summed E-state index contributed by atoms with van der Waals surface area (Å²) in [4.78, 5) is 25.3. The lowest BCUT2D eigenvalue weighted by Gasteiger charge is -2.25. The SMILES string of the molecule is O=C[C@H]1CN([C@@H](C(=O)O)c2ccccc2Cl)C[C@@H]1c1ccccc1. The van der Waals surface area contributed by atoms with Gasteiger partial charge in [-0.1, -0.05) is 60.1 Å². The molecule has 0 unspecified atom stereocenters. The van der Waals surface area contributed by atoms with Crippen molar-refractivity contribution in [2.24, 2.45) is 5.92 Å². The van der Waals surface area contributed by atoms with Gasteiger partial charge in [0, 0.05) is 29.9 Å². The molecule has 1 aliphatic heterocycles. The molecule has 0 aromatic heterocycles. The van der Waals surface area contributed by atoms with Gasteiger partial charge in [-0.2, -0.15) is 0 Å². The Balaban J connectivity index is 1.92. The van der Waals surface area contributed by atoms with Crippen molar-refractivity contribution in [3.63, 3.8) is 0 Å². The van der Waals surface area contributed by atoms with E-state index in [1.54, 1.807) is 24.3 Å². The van der Waals surface area contributed by atoms with Gasteiger partial charge in [-0.15, -0.1) is 0 Å². The van der Waals surface area contributed by atoms with Crippen LogP contribution >= 0.6 is 11.6 Å². The summed E-state index contributed by atoms with van der Waals surface area (Å²) in [5.41, 5.74) is 1.62. The topological polar surface area (TPSA) is 57.6 Å². The zero-order valence-electron chi connectivity index (χ0n) is 13.0. The number of rotatable bonds is 5. The fraction of sp³-hybridized carbons (Fsp3) is 0.263. The Labute approximate surface area is 145 Å². The minimum atomic E-state index is -0.957. The Kier molecular flexibility index (Phi) is 4.97. The predicted octanol–water partition coefficient (Wildman–Crippen LogP) is 3.38. The molecule has 3 atom stereocenters. The zero-order chi connectivity index (χ0) is 17.1. The van der Waals surface area contributed by atoms with Gasteiger partial charge in [-0.05, 0) is 17.2 Å². The van der Waals surface area contributed by atoms with E-state index in [2.05, 4.69) is 0 Å². The van der Waals surface area contributed by atoms with Crippen molar-refractivity contribution in [2.75, 3.05) is 13.1 Å². The van der Waals surface area contributed by atoms with Crippen LogP contribution in [0.1, 0.15) is 23.1 Å². The average Bonchev–Trinajstić information content (AvgIpc) is 3.01. The summed E-state index contributed by atoms with van der Waals surface area (Å²) in [5, 5.41) is 10.2. The molecule has 0 saturated carbocycles. The number of benzene rings is 2. The Morgan fingerprint density at radius 2 is 1.79 bits per heavy atom. The van der Waals surface area contributed by atoms with Crippen LogP contribution in [0.4, 0.5) is 0 Å². The first kappa shape index (κ1) is 16.7. The van der Waals surface area contributed by atoms with Crippen LogP contribution in [0.2, 0.25) is 5.02 Å². The normalized spacial score (nSPS) is 22.2. The number of hydrogen-bond acceptors (Lipinski definition) is 3. The molecule has 1 N–H and O–H groups in total. The van der Waals surface area contributed by atoms with E-state index in [0.717, 1.165) is 11.8 Å². The van der Waals surface area contributed by atoms with Crippen molar-refractivity contribution >= 4 is 23.9 Å². The number of carboxylic acid groups (broad SMARTS) is 1. The molecule has 0 radical (unpaired) electrons. The molecule has 5 heteroatoms. The highest BCUT2D eigenvalue weighted by Crippen LogP contribution is 2.38. The maximum Gasteiger partial charge on any atom is 0.325 e. The molecule has 0 aliphatic carbocycles. The van der Waals surface area contributed by atoms with E-state index in [1.807, 2.05) is 35.2 Å². The number of likely N-dealkylation sites (tertiary alicyclic amines) is 1. The summed E-state index contributed by atoms with van der Waals surface area (Å²) in [5.74, 6) is -1.19. The zero-order valence-corrected chi connectivity index (χ0v) is 13.8. The van der Waals surface area contributed by atoms with Gasteiger partial charge < -0.3 is 9.90 Å². The summed E-state index contributed by atoms with van der Waals surface area (Å²) < 4.78 is 0. The van der Waals surface area contributed by atoms with Crippen LogP contribution in [-0.2, 0) is 9.59 Å². The summed E-state index contributed by atoms with van der Waals surface area (Å²) >= 11 is 6.21. The van der Waals surface area contributed by atoms with Gasteiger partial charge in [0.25, 0.3) is 0 Å². The van der Waals surface area contributed by atoms with Gasteiger partial charge in [-0.3, -0.25) is 9.69 Å². The Hall–Kier alpha value is -2.17. The van der Waals surface area contributed by atoms with Crippen LogP contribution in [0.3, 0.4) is 0 Å². The third-order valence-corrected chi connectivity index (χ3v) is 4.94. The van der Waals surface area contributed by atoms with E-state index >= 15 is 0 Å². The van der Waals surface area contributed by atoms with Crippen LogP contribution in [0.25, 0.3) is 0 Å². The quantitative estimate of drug-likeness (QED) is 0.845. The highest BCUT2D eigenvalue weighted by molar-refractivity contribution is 6.31. The highest BCUT2D eigenvalue weighted by Gasteiger charge is 2.40. The van der Waals surface area contributed by atoms with Crippen molar-refractivity contribution in [2.45, 2.75) is 12.0 Å². The number of hydrogen-bond donors (Lipinski definition) is 1. The minimum absolute atomic E-state index is 0.00645. The van der Waals surface area contributed by atoms with Gasteiger partial charge >= 0.3 is 5.97 Å². The van der Waals surface area contributed by atoms with Crippen molar-refractivity contribution in [3.05, 3.63) is 70.7 Å². The number of nitrogens with zero attached hydrogens (tertiary/aromatic N) is 1. The molecule has 1 aliphatic rings. The molecule has 4 nitrogen and oxygen atoms in total. The lowest BCUT2D eigenvalue weighted by molar-refractivity contribution is -0.143. The van der Waals surface area contributed by atoms with Gasteiger partial charge in [0.2, 0.25) is 0 Å². The Morgan fingerprint density at radius 3 is 2.42 bits per heavy atom. The second-order valence-corrected chi connectivity index (χ2v) is 6.44. The molecule has 24 heavy (non-hydrogen) atoms. The number of halogens is 1. The van der Waals surface area contributed by atoms with E-state index in [4.69, 9.17) is 11.6 Å². The third kappa shape index (κ3) is 3.21.